The number of benzene rings is 1. The molecule has 2 aromatic heterocycles. The van der Waals surface area contributed by atoms with E-state index < -0.39 is 0 Å². The Kier molecular flexibility index (Phi) is 7.47. The molecule has 1 saturated heterocycles. The molecule has 3 atom stereocenters. The van der Waals surface area contributed by atoms with E-state index >= 15 is 0 Å². The van der Waals surface area contributed by atoms with Gasteiger partial charge >= 0.3 is 0 Å². The summed E-state index contributed by atoms with van der Waals surface area (Å²) in [5.41, 5.74) is 1.54. The van der Waals surface area contributed by atoms with Gasteiger partial charge < -0.3 is 19.1 Å². The quantitative estimate of drug-likeness (QED) is 0.368. The third-order valence-electron chi connectivity index (χ3n) is 8.80. The van der Waals surface area contributed by atoms with Gasteiger partial charge in [0.25, 0.3) is 0 Å². The maximum Gasteiger partial charge on any atom is 0.227 e. The summed E-state index contributed by atoms with van der Waals surface area (Å²) < 4.78 is 22.9. The molecule has 1 unspecified atom stereocenters. The van der Waals surface area contributed by atoms with E-state index in [1.165, 1.54) is 12.5 Å². The van der Waals surface area contributed by atoms with Crippen molar-refractivity contribution >= 4 is 23.5 Å². The van der Waals surface area contributed by atoms with Gasteiger partial charge in [0.2, 0.25) is 11.9 Å². The van der Waals surface area contributed by atoms with Crippen LogP contribution >= 0.6 is 11.6 Å². The van der Waals surface area contributed by atoms with Gasteiger partial charge in [0.05, 0.1) is 36.5 Å². The molecule has 7 nitrogen and oxygen atoms in total. The van der Waals surface area contributed by atoms with Crippen molar-refractivity contribution in [3.8, 4) is 5.75 Å². The largest absolute Gasteiger partial charge is 0.493 e. The lowest BCUT2D eigenvalue weighted by Gasteiger charge is -2.35. The zero-order valence-electron chi connectivity index (χ0n) is 22.3. The molecule has 0 N–H and O–H groups in total. The molecule has 2 fully saturated rings. The second-order valence-electron chi connectivity index (χ2n) is 11.1. The minimum Gasteiger partial charge on any atom is -0.493 e. The topological polar surface area (TPSA) is 63.5 Å². The first-order chi connectivity index (χ1) is 19.0. The Balaban J connectivity index is 0.933. The highest BCUT2D eigenvalue weighted by atomic mass is 35.5. The van der Waals surface area contributed by atoms with E-state index in [0.717, 1.165) is 62.4 Å². The van der Waals surface area contributed by atoms with E-state index in [1.807, 2.05) is 30.2 Å². The second-order valence-corrected chi connectivity index (χ2v) is 11.6. The van der Waals surface area contributed by atoms with Crippen molar-refractivity contribution < 1.29 is 13.9 Å². The van der Waals surface area contributed by atoms with E-state index in [4.69, 9.17) is 16.3 Å². The standard InChI is InChI=1S/C30H35ClFN5O2/c1-20-28-3-2-9-35(28)12-13-37(20)29(38)16-23-4-5-25(17-27(23)32)39-14-8-22-15-26(22)21-6-10-36(11-7-21)30-33-18-24(31)19-34-30/h2-5,9,17-22,26H,6-8,10-16H2,1H3/t20?,22-,26-/m1/s1. The van der Waals surface area contributed by atoms with Crippen LogP contribution in [0.25, 0.3) is 0 Å². The van der Waals surface area contributed by atoms with Gasteiger partial charge in [0, 0.05) is 44.1 Å². The summed E-state index contributed by atoms with van der Waals surface area (Å²) >= 11 is 5.91. The van der Waals surface area contributed by atoms with E-state index in [-0.39, 0.29) is 24.2 Å². The Morgan fingerprint density at radius 1 is 1.13 bits per heavy atom. The van der Waals surface area contributed by atoms with Crippen LogP contribution in [0.2, 0.25) is 5.02 Å². The molecule has 9 heteroatoms. The van der Waals surface area contributed by atoms with Crippen molar-refractivity contribution in [2.75, 3.05) is 31.1 Å². The maximum atomic E-state index is 14.9. The molecule has 0 radical (unpaired) electrons. The zero-order chi connectivity index (χ0) is 26.9. The third kappa shape index (κ3) is 5.76. The van der Waals surface area contributed by atoms with Gasteiger partial charge in [-0.2, -0.15) is 0 Å². The lowest BCUT2D eigenvalue weighted by Crippen LogP contribution is -2.41. The van der Waals surface area contributed by atoms with Crippen LogP contribution in [0.5, 0.6) is 5.75 Å². The molecule has 1 aliphatic carbocycles. The van der Waals surface area contributed by atoms with Crippen LogP contribution in [0.3, 0.4) is 0 Å². The highest BCUT2D eigenvalue weighted by Gasteiger charge is 2.43. The smallest absolute Gasteiger partial charge is 0.227 e. The van der Waals surface area contributed by atoms with Gasteiger partial charge in [0.15, 0.2) is 0 Å². The average Bonchev–Trinajstić information content (AvgIpc) is 3.54. The molecule has 0 bridgehead atoms. The summed E-state index contributed by atoms with van der Waals surface area (Å²) in [4.78, 5) is 25.8. The summed E-state index contributed by atoms with van der Waals surface area (Å²) in [5.74, 6) is 3.04. The molecule has 1 saturated carbocycles. The molecule has 6 rings (SSSR count). The molecule has 1 amide bonds. The minimum absolute atomic E-state index is 0.0109. The van der Waals surface area contributed by atoms with Crippen LogP contribution in [0.4, 0.5) is 10.3 Å². The number of ether oxygens (including phenoxy) is 1. The zero-order valence-corrected chi connectivity index (χ0v) is 23.1. The molecular formula is C30H35ClFN5O2. The molecule has 2 aliphatic heterocycles. The minimum atomic E-state index is -0.380. The molecule has 1 aromatic carbocycles. The fourth-order valence-electron chi connectivity index (χ4n) is 6.45. The highest BCUT2D eigenvalue weighted by molar-refractivity contribution is 6.30. The van der Waals surface area contributed by atoms with Crippen molar-refractivity contribution in [3.63, 3.8) is 0 Å². The van der Waals surface area contributed by atoms with Gasteiger partial charge in [-0.05, 0) is 74.1 Å². The molecule has 206 valence electrons. The summed E-state index contributed by atoms with van der Waals surface area (Å²) in [6.45, 7) is 5.98. The van der Waals surface area contributed by atoms with Crippen LogP contribution in [-0.4, -0.2) is 51.6 Å². The Hall–Kier alpha value is -3.13. The van der Waals surface area contributed by atoms with Crippen molar-refractivity contribution in [1.82, 2.24) is 19.4 Å². The summed E-state index contributed by atoms with van der Waals surface area (Å²) in [6.07, 6.45) is 9.95. The monoisotopic (exact) mass is 551 g/mol. The number of carbonyl (C=O) groups is 1. The number of fused-ring (bicyclic) bond motifs is 1. The number of hydrogen-bond donors (Lipinski definition) is 0. The predicted molar refractivity (Wildman–Crippen MR) is 148 cm³/mol. The van der Waals surface area contributed by atoms with Gasteiger partial charge in [0.1, 0.15) is 11.6 Å². The number of aromatic nitrogens is 3. The number of nitrogens with zero attached hydrogens (tertiary/aromatic N) is 5. The third-order valence-corrected chi connectivity index (χ3v) is 8.99. The second kappa shape index (κ2) is 11.2. The Labute approximate surface area is 233 Å². The molecule has 39 heavy (non-hydrogen) atoms. The predicted octanol–water partition coefficient (Wildman–Crippen LogP) is 5.54. The van der Waals surface area contributed by atoms with Crippen LogP contribution in [0, 0.1) is 23.6 Å². The first-order valence-electron chi connectivity index (χ1n) is 14.0. The SMILES string of the molecule is CC1c2cccn2CCN1C(=O)Cc1ccc(OCC[C@@H]2C[C@@H]2C2CCN(c3ncc(Cl)cn3)CC2)cc1F. The van der Waals surface area contributed by atoms with Gasteiger partial charge in [-0.15, -0.1) is 0 Å². The van der Waals surface area contributed by atoms with Crippen molar-refractivity contribution in [3.05, 3.63) is 71.0 Å². The maximum absolute atomic E-state index is 14.9. The Morgan fingerprint density at radius 3 is 2.69 bits per heavy atom. The Morgan fingerprint density at radius 2 is 1.92 bits per heavy atom. The fourth-order valence-corrected chi connectivity index (χ4v) is 6.55. The molecular weight excluding hydrogens is 517 g/mol. The molecule has 3 aliphatic rings. The molecule has 4 heterocycles. The summed E-state index contributed by atoms with van der Waals surface area (Å²) in [7, 11) is 0. The molecule has 0 spiro atoms. The van der Waals surface area contributed by atoms with Crippen molar-refractivity contribution in [1.29, 1.82) is 0 Å². The highest BCUT2D eigenvalue weighted by Crippen LogP contribution is 2.49. The number of hydrogen-bond acceptors (Lipinski definition) is 5. The van der Waals surface area contributed by atoms with Crippen molar-refractivity contribution in [2.24, 2.45) is 17.8 Å². The van der Waals surface area contributed by atoms with Crippen LogP contribution in [-0.2, 0) is 17.8 Å². The fraction of sp³-hybridized carbons (Fsp3) is 0.500. The van der Waals surface area contributed by atoms with Crippen LogP contribution < -0.4 is 9.64 Å². The van der Waals surface area contributed by atoms with E-state index in [9.17, 15) is 9.18 Å². The summed E-state index contributed by atoms with van der Waals surface area (Å²) in [6, 6.07) is 8.94. The first kappa shape index (κ1) is 26.1. The first-order valence-corrected chi connectivity index (χ1v) is 14.4. The van der Waals surface area contributed by atoms with E-state index in [1.54, 1.807) is 24.5 Å². The van der Waals surface area contributed by atoms with Gasteiger partial charge in [-0.1, -0.05) is 17.7 Å². The lowest BCUT2D eigenvalue weighted by molar-refractivity contribution is -0.133. The van der Waals surface area contributed by atoms with Crippen LogP contribution in [0.15, 0.2) is 48.9 Å². The normalized spacial score (nSPS) is 23.0. The number of anilines is 1. The van der Waals surface area contributed by atoms with E-state index in [0.29, 0.717) is 35.4 Å². The van der Waals surface area contributed by atoms with Crippen molar-refractivity contribution in [2.45, 2.75) is 51.6 Å². The van der Waals surface area contributed by atoms with Gasteiger partial charge in [-0.3, -0.25) is 4.79 Å². The number of carbonyl (C=O) groups excluding carboxylic acids is 1. The Bertz CT molecular complexity index is 1310. The number of amides is 1. The number of rotatable bonds is 8. The lowest BCUT2D eigenvalue weighted by atomic mass is 9.90. The van der Waals surface area contributed by atoms with Crippen LogP contribution in [0.1, 0.15) is 49.9 Å². The number of piperidine rings is 1. The van der Waals surface area contributed by atoms with Gasteiger partial charge in [-0.25, -0.2) is 14.4 Å². The molecule has 3 aromatic rings. The van der Waals surface area contributed by atoms with E-state index in [2.05, 4.69) is 19.4 Å². The summed E-state index contributed by atoms with van der Waals surface area (Å²) in [5, 5.41) is 0.560. The average molecular weight is 552 g/mol. The number of halogens is 2.